The van der Waals surface area contributed by atoms with Crippen LogP contribution in [0.25, 0.3) is 22.3 Å². The van der Waals surface area contributed by atoms with Crippen LogP contribution in [0.3, 0.4) is 0 Å². The zero-order chi connectivity index (χ0) is 27.8. The Morgan fingerprint density at radius 3 is 1.02 bits per heavy atom. The van der Waals surface area contributed by atoms with E-state index in [1.165, 1.54) is 77.9 Å². The average molecular weight is 531 g/mol. The summed E-state index contributed by atoms with van der Waals surface area (Å²) in [6.07, 6.45) is 1.73. The molecule has 0 saturated carbocycles. The summed E-state index contributed by atoms with van der Waals surface area (Å²) in [5.41, 5.74) is 19.5. The van der Waals surface area contributed by atoms with Crippen molar-refractivity contribution >= 4 is 0 Å². The summed E-state index contributed by atoms with van der Waals surface area (Å²) in [6, 6.07) is 35.7. The van der Waals surface area contributed by atoms with Crippen molar-refractivity contribution in [3.63, 3.8) is 0 Å². The molecule has 8 rings (SSSR count). The lowest BCUT2D eigenvalue weighted by atomic mass is 9.86. The predicted molar refractivity (Wildman–Crippen MR) is 169 cm³/mol. The predicted octanol–water partition coefficient (Wildman–Crippen LogP) is 10.6. The highest BCUT2D eigenvalue weighted by Gasteiger charge is 2.38. The van der Waals surface area contributed by atoms with E-state index in [0.717, 1.165) is 24.4 Å². The van der Waals surface area contributed by atoms with Crippen molar-refractivity contribution < 1.29 is 4.74 Å². The molecule has 0 radical (unpaired) electrons. The Balaban J connectivity index is 1.09. The van der Waals surface area contributed by atoms with E-state index < -0.39 is 0 Å². The van der Waals surface area contributed by atoms with E-state index >= 15 is 0 Å². The molecule has 0 heterocycles. The van der Waals surface area contributed by atoms with Gasteiger partial charge in [0.15, 0.2) is 0 Å². The van der Waals surface area contributed by atoms with Gasteiger partial charge in [0.1, 0.15) is 11.5 Å². The van der Waals surface area contributed by atoms with Crippen molar-refractivity contribution in [2.45, 2.75) is 52.4 Å². The molecule has 4 aliphatic rings. The fraction of sp³-hybridized carbons (Fsp3) is 0.200. The molecule has 0 aromatic heterocycles. The van der Waals surface area contributed by atoms with Gasteiger partial charge in [-0.3, -0.25) is 0 Å². The van der Waals surface area contributed by atoms with Gasteiger partial charge in [0, 0.05) is 24.7 Å². The van der Waals surface area contributed by atoms with Crippen LogP contribution in [-0.4, -0.2) is 0 Å². The van der Waals surface area contributed by atoms with E-state index in [1.54, 1.807) is 0 Å². The van der Waals surface area contributed by atoms with Crippen LogP contribution in [0.5, 0.6) is 0 Å². The largest absolute Gasteiger partial charge is 0.465 e. The lowest BCUT2D eigenvalue weighted by molar-refractivity contribution is 0.285. The molecular weight excluding hydrogens is 496 g/mol. The van der Waals surface area contributed by atoms with Crippen molar-refractivity contribution in [1.29, 1.82) is 0 Å². The molecule has 0 unspecified atom stereocenters. The number of ether oxygens (including phenoxy) is 1. The highest BCUT2D eigenvalue weighted by Crippen LogP contribution is 2.55. The standard InChI is InChI=1S/C40H34O/c1-23-25(3)37(21-35(23)39-31-17-9-5-13-27(31)28-14-6-10-18-32(28)39)41-38-22-36(24(2)26(38)4)40-33-19-11-7-15-29(33)30-16-8-12-20-34(30)40/h5-20,39-40H,21-22H2,1-4H3. The number of hydrogen-bond acceptors (Lipinski definition) is 1. The zero-order valence-electron chi connectivity index (χ0n) is 24.2. The Morgan fingerprint density at radius 1 is 0.415 bits per heavy atom. The third-order valence-electron chi connectivity index (χ3n) is 10.2. The summed E-state index contributed by atoms with van der Waals surface area (Å²) in [6.45, 7) is 9.09. The van der Waals surface area contributed by atoms with Crippen molar-refractivity contribution in [3.05, 3.63) is 164 Å². The lowest BCUT2D eigenvalue weighted by Gasteiger charge is -2.19. The topological polar surface area (TPSA) is 9.23 Å². The maximum absolute atomic E-state index is 6.95. The van der Waals surface area contributed by atoms with Crippen LogP contribution in [0, 0.1) is 0 Å². The molecule has 41 heavy (non-hydrogen) atoms. The first kappa shape index (κ1) is 24.4. The van der Waals surface area contributed by atoms with Gasteiger partial charge in [0.25, 0.3) is 0 Å². The van der Waals surface area contributed by atoms with Crippen molar-refractivity contribution in [2.75, 3.05) is 0 Å². The second kappa shape index (κ2) is 9.08. The third-order valence-corrected chi connectivity index (χ3v) is 10.2. The van der Waals surface area contributed by atoms with Gasteiger partial charge in [-0.1, -0.05) is 97.1 Å². The second-order valence-corrected chi connectivity index (χ2v) is 12.1. The van der Waals surface area contributed by atoms with E-state index in [0.29, 0.717) is 11.8 Å². The first-order chi connectivity index (χ1) is 20.0. The summed E-state index contributed by atoms with van der Waals surface area (Å²) in [7, 11) is 0. The maximum atomic E-state index is 6.95. The Morgan fingerprint density at radius 2 is 0.707 bits per heavy atom. The van der Waals surface area contributed by atoms with Crippen molar-refractivity contribution in [2.24, 2.45) is 0 Å². The summed E-state index contributed by atoms with van der Waals surface area (Å²) in [4.78, 5) is 0. The van der Waals surface area contributed by atoms with Gasteiger partial charge < -0.3 is 4.74 Å². The highest BCUT2D eigenvalue weighted by atomic mass is 16.5. The molecule has 0 fully saturated rings. The van der Waals surface area contributed by atoms with Crippen LogP contribution in [0.15, 0.2) is 142 Å². The number of rotatable bonds is 4. The van der Waals surface area contributed by atoms with Crippen LogP contribution >= 0.6 is 0 Å². The van der Waals surface area contributed by atoms with E-state index in [-0.39, 0.29) is 0 Å². The minimum absolute atomic E-state index is 0.291. The molecule has 0 bridgehead atoms. The average Bonchev–Trinajstić information content (AvgIpc) is 3.69. The van der Waals surface area contributed by atoms with Crippen LogP contribution in [0.2, 0.25) is 0 Å². The summed E-state index contributed by atoms with van der Waals surface area (Å²) in [5, 5.41) is 0. The van der Waals surface area contributed by atoms with Crippen LogP contribution < -0.4 is 0 Å². The lowest BCUT2D eigenvalue weighted by Crippen LogP contribution is -2.03. The van der Waals surface area contributed by atoms with Crippen LogP contribution in [0.4, 0.5) is 0 Å². The van der Waals surface area contributed by atoms with Crippen LogP contribution in [-0.2, 0) is 4.74 Å². The Kier molecular flexibility index (Phi) is 5.41. The number of fused-ring (bicyclic) bond motifs is 6. The van der Waals surface area contributed by atoms with Crippen molar-refractivity contribution in [3.8, 4) is 22.3 Å². The summed E-state index contributed by atoms with van der Waals surface area (Å²) < 4.78 is 6.95. The first-order valence-electron chi connectivity index (χ1n) is 14.9. The number of benzene rings is 4. The molecule has 4 aromatic carbocycles. The Bertz CT molecular complexity index is 1680. The maximum Gasteiger partial charge on any atom is 0.111 e. The molecule has 1 nitrogen and oxygen atoms in total. The molecule has 1 heteroatoms. The molecule has 0 amide bonds. The molecular formula is C40H34O. The Hall–Kier alpha value is -4.36. The molecule has 0 saturated heterocycles. The second-order valence-electron chi connectivity index (χ2n) is 12.1. The van der Waals surface area contributed by atoms with E-state index in [2.05, 4.69) is 125 Å². The van der Waals surface area contributed by atoms with Gasteiger partial charge in [-0.2, -0.15) is 0 Å². The van der Waals surface area contributed by atoms with Crippen molar-refractivity contribution in [1.82, 2.24) is 0 Å². The minimum atomic E-state index is 0.291. The van der Waals surface area contributed by atoms with Gasteiger partial charge in [0.05, 0.1) is 0 Å². The minimum Gasteiger partial charge on any atom is -0.465 e. The number of hydrogen-bond donors (Lipinski definition) is 0. The molecule has 0 atom stereocenters. The van der Waals surface area contributed by atoms with E-state index in [4.69, 9.17) is 4.74 Å². The summed E-state index contributed by atoms with van der Waals surface area (Å²) >= 11 is 0. The van der Waals surface area contributed by atoms with Gasteiger partial charge in [-0.05, 0) is 106 Å². The first-order valence-corrected chi connectivity index (χ1v) is 14.9. The summed E-state index contributed by atoms with van der Waals surface area (Å²) in [5.74, 6) is 2.82. The van der Waals surface area contributed by atoms with E-state index in [9.17, 15) is 0 Å². The molecule has 0 aliphatic heterocycles. The zero-order valence-corrected chi connectivity index (χ0v) is 24.2. The molecule has 0 N–H and O–H groups in total. The smallest absolute Gasteiger partial charge is 0.111 e. The van der Waals surface area contributed by atoms with Gasteiger partial charge in [0.2, 0.25) is 0 Å². The monoisotopic (exact) mass is 530 g/mol. The molecule has 0 spiro atoms. The third kappa shape index (κ3) is 3.48. The number of allylic oxidation sites excluding steroid dienone is 6. The fourth-order valence-corrected chi connectivity index (χ4v) is 7.85. The van der Waals surface area contributed by atoms with Gasteiger partial charge >= 0.3 is 0 Å². The SMILES string of the molecule is CC1=C(OC2=C(C)C(C)=C(C3c4ccccc4-c4ccccc43)C2)CC(C2c3ccccc3-c3ccccc32)=C1C. The van der Waals surface area contributed by atoms with Gasteiger partial charge in [-0.15, -0.1) is 0 Å². The highest BCUT2D eigenvalue weighted by molar-refractivity contribution is 5.82. The molecule has 4 aromatic rings. The fourth-order valence-electron chi connectivity index (χ4n) is 7.85. The van der Waals surface area contributed by atoms with E-state index in [1.807, 2.05) is 0 Å². The van der Waals surface area contributed by atoms with Gasteiger partial charge in [-0.25, -0.2) is 0 Å². The quantitative estimate of drug-likeness (QED) is 0.255. The molecule has 200 valence electrons. The van der Waals surface area contributed by atoms with Crippen LogP contribution in [0.1, 0.15) is 74.6 Å². The molecule has 4 aliphatic carbocycles. The normalized spacial score (nSPS) is 18.0. The Labute approximate surface area is 243 Å².